The van der Waals surface area contributed by atoms with Crippen LogP contribution in [0.3, 0.4) is 0 Å². The second-order valence-electron chi connectivity index (χ2n) is 6.30. The van der Waals surface area contributed by atoms with Gasteiger partial charge in [0.25, 0.3) is 0 Å². The Bertz CT molecular complexity index is 1110. The molecule has 0 spiro atoms. The fraction of sp³-hybridized carbons (Fsp3) is 0.143. The highest BCUT2D eigenvalue weighted by Crippen LogP contribution is 2.20. The summed E-state index contributed by atoms with van der Waals surface area (Å²) in [6.45, 7) is 0.155. The van der Waals surface area contributed by atoms with Gasteiger partial charge in [-0.3, -0.25) is 4.79 Å². The van der Waals surface area contributed by atoms with Gasteiger partial charge in [0, 0.05) is 31.8 Å². The first kappa shape index (κ1) is 21.4. The summed E-state index contributed by atoms with van der Waals surface area (Å²) in [5.74, 6) is 0.0745. The number of ether oxygens (including phenoxy) is 1. The molecule has 0 saturated heterocycles. The maximum Gasteiger partial charge on any atom is 0.240 e. The van der Waals surface area contributed by atoms with Crippen LogP contribution in [0.25, 0.3) is 0 Å². The van der Waals surface area contributed by atoms with Crippen LogP contribution in [0.5, 0.6) is 11.6 Å². The van der Waals surface area contributed by atoms with Gasteiger partial charge in [-0.2, -0.15) is 0 Å². The minimum Gasteiger partial charge on any atom is -0.439 e. The summed E-state index contributed by atoms with van der Waals surface area (Å²) in [6, 6.07) is 17.2. The zero-order valence-electron chi connectivity index (χ0n) is 15.9. The van der Waals surface area contributed by atoms with Crippen molar-refractivity contribution < 1.29 is 22.3 Å². The Balaban J connectivity index is 1.46. The number of carbonyl (C=O) groups excluding carboxylic acids is 1. The van der Waals surface area contributed by atoms with Gasteiger partial charge in [-0.15, -0.1) is 0 Å². The van der Waals surface area contributed by atoms with E-state index in [1.54, 1.807) is 36.5 Å². The Hall–Kier alpha value is -3.30. The number of hydrogen-bond acceptors (Lipinski definition) is 5. The van der Waals surface area contributed by atoms with E-state index in [0.717, 1.165) is 17.7 Å². The summed E-state index contributed by atoms with van der Waals surface area (Å²) in [6.07, 6.45) is 1.57. The molecule has 1 aromatic heterocycles. The van der Waals surface area contributed by atoms with Crippen molar-refractivity contribution in [1.29, 1.82) is 0 Å². The number of pyridine rings is 1. The lowest BCUT2D eigenvalue weighted by molar-refractivity contribution is -0.121. The number of benzene rings is 2. The van der Waals surface area contributed by atoms with Gasteiger partial charge in [0.05, 0.1) is 4.90 Å². The first-order chi connectivity index (χ1) is 14.4. The number of aromatic nitrogens is 1. The van der Waals surface area contributed by atoms with E-state index in [-0.39, 0.29) is 30.3 Å². The van der Waals surface area contributed by atoms with Gasteiger partial charge in [0.2, 0.25) is 21.8 Å². The van der Waals surface area contributed by atoms with E-state index in [1.807, 2.05) is 12.1 Å². The Morgan fingerprint density at radius 3 is 2.63 bits per heavy atom. The maximum atomic E-state index is 13.2. The second kappa shape index (κ2) is 9.95. The highest BCUT2D eigenvalue weighted by Gasteiger charge is 2.14. The van der Waals surface area contributed by atoms with Gasteiger partial charge in [0.15, 0.2) is 0 Å². The molecule has 30 heavy (non-hydrogen) atoms. The number of halogens is 1. The molecule has 3 aromatic rings. The summed E-state index contributed by atoms with van der Waals surface area (Å²) in [7, 11) is -3.87. The van der Waals surface area contributed by atoms with Gasteiger partial charge in [-0.25, -0.2) is 22.5 Å². The normalized spacial score (nSPS) is 11.1. The van der Waals surface area contributed by atoms with E-state index in [2.05, 4.69) is 15.0 Å². The van der Waals surface area contributed by atoms with Gasteiger partial charge in [0.1, 0.15) is 11.6 Å². The lowest BCUT2D eigenvalue weighted by atomic mass is 10.2. The lowest BCUT2D eigenvalue weighted by Gasteiger charge is -2.09. The van der Waals surface area contributed by atoms with Gasteiger partial charge in [-0.1, -0.05) is 24.3 Å². The number of sulfonamides is 1. The molecule has 0 aliphatic heterocycles. The molecule has 0 unspecified atom stereocenters. The quantitative estimate of drug-likeness (QED) is 0.545. The Kier molecular flexibility index (Phi) is 7.10. The van der Waals surface area contributed by atoms with Crippen LogP contribution in [-0.4, -0.2) is 25.9 Å². The number of carbonyl (C=O) groups is 1. The smallest absolute Gasteiger partial charge is 0.240 e. The zero-order valence-corrected chi connectivity index (χ0v) is 16.7. The zero-order chi connectivity index (χ0) is 21.4. The van der Waals surface area contributed by atoms with Crippen molar-refractivity contribution in [2.45, 2.75) is 17.9 Å². The number of nitrogens with zero attached hydrogens (tertiary/aromatic N) is 1. The molecule has 156 valence electrons. The van der Waals surface area contributed by atoms with Crippen LogP contribution >= 0.6 is 0 Å². The fourth-order valence-corrected chi connectivity index (χ4v) is 3.62. The van der Waals surface area contributed by atoms with Crippen molar-refractivity contribution in [3.8, 4) is 11.6 Å². The van der Waals surface area contributed by atoms with Crippen LogP contribution < -0.4 is 14.8 Å². The van der Waals surface area contributed by atoms with Crippen molar-refractivity contribution in [2.75, 3.05) is 6.54 Å². The van der Waals surface area contributed by atoms with Gasteiger partial charge < -0.3 is 10.1 Å². The van der Waals surface area contributed by atoms with Crippen molar-refractivity contribution in [2.24, 2.45) is 0 Å². The minimum atomic E-state index is -3.87. The number of nitrogens with one attached hydrogen (secondary N) is 2. The second-order valence-corrected chi connectivity index (χ2v) is 8.07. The molecule has 0 aliphatic carbocycles. The van der Waals surface area contributed by atoms with E-state index in [1.165, 1.54) is 12.1 Å². The van der Waals surface area contributed by atoms with Crippen LogP contribution in [0.4, 0.5) is 4.39 Å². The lowest BCUT2D eigenvalue weighted by Crippen LogP contribution is -2.30. The van der Waals surface area contributed by atoms with E-state index in [9.17, 15) is 17.6 Å². The molecule has 2 N–H and O–H groups in total. The molecule has 0 fully saturated rings. The number of hydrogen-bond donors (Lipinski definition) is 2. The number of amides is 1. The molecule has 9 heteroatoms. The molecular formula is C21H20FN3O4S. The molecular weight excluding hydrogens is 409 g/mol. The molecule has 7 nitrogen and oxygen atoms in total. The third-order valence-corrected chi connectivity index (χ3v) is 5.46. The molecule has 0 radical (unpaired) electrons. The average Bonchev–Trinajstić information content (AvgIpc) is 2.73. The first-order valence-corrected chi connectivity index (χ1v) is 10.6. The van der Waals surface area contributed by atoms with Crippen molar-refractivity contribution in [1.82, 2.24) is 15.0 Å². The minimum absolute atomic E-state index is 0.0569. The Morgan fingerprint density at radius 1 is 1.03 bits per heavy atom. The third-order valence-electron chi connectivity index (χ3n) is 4.00. The average molecular weight is 429 g/mol. The molecule has 3 rings (SSSR count). The maximum absolute atomic E-state index is 13.2. The summed E-state index contributed by atoms with van der Waals surface area (Å²) in [4.78, 5) is 15.9. The molecule has 0 atom stereocenters. The Morgan fingerprint density at radius 2 is 1.87 bits per heavy atom. The third kappa shape index (κ3) is 6.36. The van der Waals surface area contributed by atoms with E-state index in [4.69, 9.17) is 4.74 Å². The van der Waals surface area contributed by atoms with Crippen LogP contribution in [-0.2, 0) is 21.4 Å². The number of rotatable bonds is 9. The van der Waals surface area contributed by atoms with Crippen molar-refractivity contribution >= 4 is 15.9 Å². The SMILES string of the molecule is O=C(CCNS(=O)(=O)c1cccc(F)c1)NCc1cccc(Oc2ccccn2)c1. The van der Waals surface area contributed by atoms with Crippen molar-refractivity contribution in [3.05, 3.63) is 84.3 Å². The molecule has 2 aromatic carbocycles. The standard InChI is InChI=1S/C21H20FN3O4S/c22-17-6-4-8-19(14-17)30(27,28)25-12-10-20(26)24-15-16-5-3-7-18(13-16)29-21-9-1-2-11-23-21/h1-9,11,13-14,25H,10,12,15H2,(H,24,26). The van der Waals surface area contributed by atoms with Gasteiger partial charge >= 0.3 is 0 Å². The summed E-state index contributed by atoms with van der Waals surface area (Å²) in [5, 5.41) is 2.72. The highest BCUT2D eigenvalue weighted by atomic mass is 32.2. The van der Waals surface area contributed by atoms with Crippen LogP contribution in [0.2, 0.25) is 0 Å². The summed E-state index contributed by atoms with van der Waals surface area (Å²) in [5.41, 5.74) is 0.817. The van der Waals surface area contributed by atoms with E-state index >= 15 is 0 Å². The largest absolute Gasteiger partial charge is 0.439 e. The van der Waals surface area contributed by atoms with E-state index < -0.39 is 15.8 Å². The van der Waals surface area contributed by atoms with Crippen LogP contribution in [0, 0.1) is 5.82 Å². The van der Waals surface area contributed by atoms with Crippen molar-refractivity contribution in [3.63, 3.8) is 0 Å². The topological polar surface area (TPSA) is 97.4 Å². The van der Waals surface area contributed by atoms with E-state index in [0.29, 0.717) is 11.6 Å². The first-order valence-electron chi connectivity index (χ1n) is 9.12. The molecule has 1 amide bonds. The predicted octanol–water partition coefficient (Wildman–Crippen LogP) is 3.00. The monoisotopic (exact) mass is 429 g/mol. The molecule has 0 aliphatic rings. The summed E-state index contributed by atoms with van der Waals surface area (Å²) >= 11 is 0. The predicted molar refractivity (Wildman–Crippen MR) is 109 cm³/mol. The Labute approximate surface area is 174 Å². The van der Waals surface area contributed by atoms with Gasteiger partial charge in [-0.05, 0) is 42.0 Å². The molecule has 0 saturated carbocycles. The molecule has 1 heterocycles. The van der Waals surface area contributed by atoms with Crippen LogP contribution in [0.15, 0.2) is 77.8 Å². The van der Waals surface area contributed by atoms with Crippen LogP contribution in [0.1, 0.15) is 12.0 Å². The summed E-state index contributed by atoms with van der Waals surface area (Å²) < 4.78 is 45.3. The highest BCUT2D eigenvalue weighted by molar-refractivity contribution is 7.89. The molecule has 0 bridgehead atoms. The fourth-order valence-electron chi connectivity index (χ4n) is 2.55.